The minimum absolute atomic E-state index is 0.141. The van der Waals surface area contributed by atoms with Crippen LogP contribution < -0.4 is 0 Å². The summed E-state index contributed by atoms with van der Waals surface area (Å²) in [5.41, 5.74) is -1.71. The monoisotopic (exact) mass is 294 g/mol. The molecule has 0 radical (unpaired) electrons. The van der Waals surface area contributed by atoms with Crippen molar-refractivity contribution in [3.8, 4) is 0 Å². The van der Waals surface area contributed by atoms with Gasteiger partial charge in [-0.25, -0.2) is 8.42 Å². The van der Waals surface area contributed by atoms with E-state index in [0.717, 1.165) is 0 Å². The van der Waals surface area contributed by atoms with Gasteiger partial charge in [-0.2, -0.15) is 0 Å². The minimum atomic E-state index is -3.75. The van der Waals surface area contributed by atoms with E-state index in [1.54, 1.807) is 37.3 Å². The smallest absolute Gasteiger partial charge is 0.187 e. The zero-order valence-electron chi connectivity index (χ0n) is 11.4. The molecule has 0 spiro atoms. The number of fused-ring (bicyclic) bond motifs is 1. The molecule has 0 aromatic heterocycles. The first-order valence-electron chi connectivity index (χ1n) is 6.91. The van der Waals surface area contributed by atoms with E-state index >= 15 is 0 Å². The summed E-state index contributed by atoms with van der Waals surface area (Å²) in [6.07, 6.45) is 1.32. The Labute approximate surface area is 118 Å². The van der Waals surface area contributed by atoms with Crippen LogP contribution in [-0.4, -0.2) is 29.7 Å². The average molecular weight is 294 g/mol. The van der Waals surface area contributed by atoms with Crippen LogP contribution in [0.1, 0.15) is 32.6 Å². The third-order valence-electron chi connectivity index (χ3n) is 5.07. The van der Waals surface area contributed by atoms with Crippen molar-refractivity contribution in [2.45, 2.75) is 47.9 Å². The highest BCUT2D eigenvalue weighted by atomic mass is 32.2. The fourth-order valence-corrected chi connectivity index (χ4v) is 6.72. The number of benzene rings is 1. The summed E-state index contributed by atoms with van der Waals surface area (Å²) in [5.74, 6) is -0.672. The second-order valence-electron chi connectivity index (χ2n) is 5.95. The van der Waals surface area contributed by atoms with Crippen molar-refractivity contribution in [1.82, 2.24) is 0 Å². The third kappa shape index (κ3) is 1.40. The second kappa shape index (κ2) is 4.15. The maximum Gasteiger partial charge on any atom is 0.187 e. The Morgan fingerprint density at radius 3 is 2.50 bits per heavy atom. The summed E-state index contributed by atoms with van der Waals surface area (Å²) in [6, 6.07) is 8.16. The van der Waals surface area contributed by atoms with Crippen LogP contribution in [0, 0.1) is 5.92 Å². The summed E-state index contributed by atoms with van der Waals surface area (Å²) < 4.78 is 24.8. The average Bonchev–Trinajstić information content (AvgIpc) is 2.87. The molecular formula is C15H18O4S. The highest BCUT2D eigenvalue weighted by Crippen LogP contribution is 2.57. The standard InChI is InChI=1S/C15H18O4S/c1-11-10-13(16)14(17)8-5-9-15(11,14)20(18,19)12-6-3-2-4-7-12/h2-4,6-7,11,17H,5,8-10H2,1H3/t11-,14+,15+/m1/s1. The summed E-state index contributed by atoms with van der Waals surface area (Å²) in [5, 5.41) is 10.8. The number of hydrogen-bond acceptors (Lipinski definition) is 4. The number of hydrogen-bond donors (Lipinski definition) is 1. The van der Waals surface area contributed by atoms with Crippen molar-refractivity contribution >= 4 is 15.6 Å². The van der Waals surface area contributed by atoms with Gasteiger partial charge in [0.15, 0.2) is 15.6 Å². The number of Topliss-reactive ketones (excluding diaryl/α,β-unsaturated/α-hetero) is 1. The Kier molecular flexibility index (Phi) is 2.86. The normalized spacial score (nSPS) is 37.1. The number of sulfone groups is 1. The lowest BCUT2D eigenvalue weighted by Crippen LogP contribution is -2.56. The van der Waals surface area contributed by atoms with Crippen LogP contribution in [0.3, 0.4) is 0 Å². The lowest BCUT2D eigenvalue weighted by atomic mass is 9.88. The third-order valence-corrected chi connectivity index (χ3v) is 7.86. The van der Waals surface area contributed by atoms with E-state index in [4.69, 9.17) is 0 Å². The van der Waals surface area contributed by atoms with E-state index in [0.29, 0.717) is 12.8 Å². The van der Waals surface area contributed by atoms with Crippen LogP contribution in [-0.2, 0) is 14.6 Å². The maximum absolute atomic E-state index is 13.1. The number of carbonyl (C=O) groups is 1. The topological polar surface area (TPSA) is 71.4 Å². The quantitative estimate of drug-likeness (QED) is 0.901. The van der Waals surface area contributed by atoms with Crippen LogP contribution in [0.15, 0.2) is 35.2 Å². The van der Waals surface area contributed by atoms with Crippen molar-refractivity contribution in [2.75, 3.05) is 0 Å². The summed E-state index contributed by atoms with van der Waals surface area (Å²) in [4.78, 5) is 12.4. The largest absolute Gasteiger partial charge is 0.380 e. The molecule has 4 nitrogen and oxygen atoms in total. The van der Waals surface area contributed by atoms with Gasteiger partial charge in [0.1, 0.15) is 10.3 Å². The molecule has 3 rings (SSSR count). The lowest BCUT2D eigenvalue weighted by Gasteiger charge is -2.37. The van der Waals surface area contributed by atoms with Crippen molar-refractivity contribution in [3.63, 3.8) is 0 Å². The predicted molar refractivity (Wildman–Crippen MR) is 73.9 cm³/mol. The van der Waals surface area contributed by atoms with E-state index in [9.17, 15) is 18.3 Å². The van der Waals surface area contributed by atoms with E-state index in [1.807, 2.05) is 0 Å². The van der Waals surface area contributed by atoms with Gasteiger partial charge < -0.3 is 5.11 Å². The molecule has 0 amide bonds. The Morgan fingerprint density at radius 1 is 1.20 bits per heavy atom. The number of rotatable bonds is 2. The summed E-state index contributed by atoms with van der Waals surface area (Å²) >= 11 is 0. The van der Waals surface area contributed by atoms with Gasteiger partial charge in [-0.05, 0) is 37.3 Å². The van der Waals surface area contributed by atoms with Crippen molar-refractivity contribution in [3.05, 3.63) is 30.3 Å². The molecule has 2 aliphatic rings. The van der Waals surface area contributed by atoms with Crippen LogP contribution in [0.5, 0.6) is 0 Å². The molecule has 108 valence electrons. The molecule has 0 heterocycles. The fourth-order valence-electron chi connectivity index (χ4n) is 4.10. The van der Waals surface area contributed by atoms with Gasteiger partial charge >= 0.3 is 0 Å². The van der Waals surface area contributed by atoms with Gasteiger partial charge in [0.25, 0.3) is 0 Å². The molecule has 0 aliphatic heterocycles. The first kappa shape index (κ1) is 13.8. The lowest BCUT2D eigenvalue weighted by molar-refractivity contribution is -0.134. The molecule has 1 N–H and O–H groups in total. The molecule has 2 saturated carbocycles. The Morgan fingerprint density at radius 2 is 1.85 bits per heavy atom. The first-order chi connectivity index (χ1) is 9.36. The minimum Gasteiger partial charge on any atom is -0.380 e. The fraction of sp³-hybridized carbons (Fsp3) is 0.533. The predicted octanol–water partition coefficient (Wildman–Crippen LogP) is 1.72. The van der Waals surface area contributed by atoms with Crippen molar-refractivity contribution in [1.29, 1.82) is 0 Å². The molecule has 2 fully saturated rings. The van der Waals surface area contributed by atoms with Crippen molar-refractivity contribution in [2.24, 2.45) is 5.92 Å². The summed E-state index contributed by atoms with van der Waals surface area (Å²) in [7, 11) is -3.75. The van der Waals surface area contributed by atoms with E-state index in [-0.39, 0.29) is 29.4 Å². The second-order valence-corrected chi connectivity index (χ2v) is 8.15. The van der Waals surface area contributed by atoms with Crippen LogP contribution in [0.4, 0.5) is 0 Å². The van der Waals surface area contributed by atoms with E-state index in [2.05, 4.69) is 0 Å². The zero-order valence-corrected chi connectivity index (χ0v) is 12.2. The molecular weight excluding hydrogens is 276 g/mol. The zero-order chi connectivity index (χ0) is 14.6. The van der Waals surface area contributed by atoms with Crippen LogP contribution in [0.25, 0.3) is 0 Å². The number of aliphatic hydroxyl groups is 1. The van der Waals surface area contributed by atoms with Crippen LogP contribution >= 0.6 is 0 Å². The van der Waals surface area contributed by atoms with Gasteiger partial charge in [0.2, 0.25) is 0 Å². The highest BCUT2D eigenvalue weighted by molar-refractivity contribution is 7.93. The maximum atomic E-state index is 13.1. The van der Waals surface area contributed by atoms with Gasteiger partial charge in [-0.1, -0.05) is 25.1 Å². The highest BCUT2D eigenvalue weighted by Gasteiger charge is 2.71. The van der Waals surface area contributed by atoms with E-state index in [1.165, 1.54) is 0 Å². The Balaban J connectivity index is 2.24. The SMILES string of the molecule is C[C@@H]1CC(=O)[C@@]2(O)CCC[C@]12S(=O)(=O)c1ccccc1. The van der Waals surface area contributed by atoms with E-state index < -0.39 is 20.2 Å². The van der Waals surface area contributed by atoms with Gasteiger partial charge in [0.05, 0.1) is 4.90 Å². The molecule has 0 saturated heterocycles. The van der Waals surface area contributed by atoms with Gasteiger partial charge in [-0.3, -0.25) is 4.79 Å². The van der Waals surface area contributed by atoms with Crippen molar-refractivity contribution < 1.29 is 18.3 Å². The first-order valence-corrected chi connectivity index (χ1v) is 8.40. The molecule has 20 heavy (non-hydrogen) atoms. The van der Waals surface area contributed by atoms with Crippen LogP contribution in [0.2, 0.25) is 0 Å². The molecule has 0 unspecified atom stereocenters. The molecule has 2 aliphatic carbocycles. The Hall–Kier alpha value is -1.20. The molecule has 1 aromatic rings. The Bertz CT molecular complexity index is 652. The number of ketones is 1. The van der Waals surface area contributed by atoms with Gasteiger partial charge in [-0.15, -0.1) is 0 Å². The molecule has 3 atom stereocenters. The molecule has 1 aromatic carbocycles. The number of carbonyl (C=O) groups excluding carboxylic acids is 1. The van der Waals surface area contributed by atoms with Gasteiger partial charge in [0, 0.05) is 6.42 Å². The molecule has 5 heteroatoms. The summed E-state index contributed by atoms with van der Waals surface area (Å²) in [6.45, 7) is 1.77. The molecule has 0 bridgehead atoms.